The molecule has 0 spiro atoms. The molecule has 0 unspecified atom stereocenters. The van der Waals surface area contributed by atoms with Gasteiger partial charge in [0.2, 0.25) is 5.91 Å². The Morgan fingerprint density at radius 2 is 1.67 bits per heavy atom. The first-order chi connectivity index (χ1) is 12.7. The van der Waals surface area contributed by atoms with Crippen LogP contribution < -0.4 is 15.4 Å². The molecule has 9 heteroatoms. The van der Waals surface area contributed by atoms with E-state index in [1.54, 1.807) is 30.3 Å². The number of hydrogen-bond donors (Lipinski definition) is 2. The van der Waals surface area contributed by atoms with Crippen molar-refractivity contribution in [3.63, 3.8) is 0 Å². The molecule has 0 heterocycles. The minimum Gasteiger partial charge on any atom is -0.405 e. The van der Waals surface area contributed by atoms with E-state index in [0.717, 1.165) is 4.47 Å². The molecule has 2 rings (SSSR count). The highest BCUT2D eigenvalue weighted by Gasteiger charge is 2.31. The lowest BCUT2D eigenvalue weighted by Crippen LogP contribution is -2.30. The van der Waals surface area contributed by atoms with Crippen LogP contribution in [0.15, 0.2) is 53.0 Å². The van der Waals surface area contributed by atoms with Crippen LogP contribution in [0.4, 0.5) is 13.2 Å². The van der Waals surface area contributed by atoms with Crippen molar-refractivity contribution < 1.29 is 27.5 Å². The predicted molar refractivity (Wildman–Crippen MR) is 96.1 cm³/mol. The zero-order valence-electron chi connectivity index (χ0n) is 14.0. The van der Waals surface area contributed by atoms with Gasteiger partial charge in [-0.05, 0) is 30.3 Å². The second kappa shape index (κ2) is 9.40. The number of hydrogen-bond acceptors (Lipinski definition) is 3. The third-order valence-electron chi connectivity index (χ3n) is 3.42. The van der Waals surface area contributed by atoms with Crippen LogP contribution in [0.5, 0.6) is 5.75 Å². The number of benzene rings is 2. The van der Waals surface area contributed by atoms with Crippen molar-refractivity contribution in [1.29, 1.82) is 0 Å². The van der Waals surface area contributed by atoms with Gasteiger partial charge in [-0.3, -0.25) is 9.59 Å². The van der Waals surface area contributed by atoms with Gasteiger partial charge in [0, 0.05) is 35.1 Å². The Balaban J connectivity index is 1.78. The van der Waals surface area contributed by atoms with Gasteiger partial charge in [0.15, 0.2) is 0 Å². The monoisotopic (exact) mass is 444 g/mol. The molecule has 2 aromatic rings. The van der Waals surface area contributed by atoms with Crippen molar-refractivity contribution in [3.05, 3.63) is 64.1 Å². The van der Waals surface area contributed by atoms with Crippen molar-refractivity contribution >= 4 is 27.7 Å². The molecule has 144 valence electrons. The Bertz CT molecular complexity index is 795. The molecule has 0 radical (unpaired) electrons. The van der Waals surface area contributed by atoms with Crippen molar-refractivity contribution in [2.75, 3.05) is 6.54 Å². The molecule has 0 aromatic heterocycles. The summed E-state index contributed by atoms with van der Waals surface area (Å²) in [6, 6.07) is 12.3. The lowest BCUT2D eigenvalue weighted by Gasteiger charge is -2.13. The van der Waals surface area contributed by atoms with Crippen LogP contribution >= 0.6 is 15.9 Å². The SMILES string of the molecule is O=C(CCNC(=O)c1ccc(Br)cc1)NCc1ccccc1OC(F)(F)F. The Hall–Kier alpha value is -2.55. The molecule has 2 aromatic carbocycles. The molecule has 2 amide bonds. The van der Waals surface area contributed by atoms with E-state index < -0.39 is 12.3 Å². The molecular weight excluding hydrogens is 429 g/mol. The van der Waals surface area contributed by atoms with Crippen LogP contribution in [-0.2, 0) is 11.3 Å². The molecule has 0 aliphatic rings. The van der Waals surface area contributed by atoms with Crippen molar-refractivity contribution in [2.24, 2.45) is 0 Å². The zero-order chi connectivity index (χ0) is 19.9. The molecule has 0 atom stereocenters. The van der Waals surface area contributed by atoms with Gasteiger partial charge in [-0.2, -0.15) is 0 Å². The van der Waals surface area contributed by atoms with E-state index in [4.69, 9.17) is 0 Å². The fourth-order valence-electron chi connectivity index (χ4n) is 2.15. The highest BCUT2D eigenvalue weighted by atomic mass is 79.9. The number of alkyl halides is 3. The third kappa shape index (κ3) is 7.30. The van der Waals surface area contributed by atoms with Crippen LogP contribution in [0.1, 0.15) is 22.3 Å². The van der Waals surface area contributed by atoms with Crippen LogP contribution in [0.3, 0.4) is 0 Å². The van der Waals surface area contributed by atoms with Crippen LogP contribution in [-0.4, -0.2) is 24.7 Å². The summed E-state index contributed by atoms with van der Waals surface area (Å²) in [7, 11) is 0. The summed E-state index contributed by atoms with van der Waals surface area (Å²) in [6.45, 7) is -0.0207. The highest BCUT2D eigenvalue weighted by molar-refractivity contribution is 9.10. The molecule has 2 N–H and O–H groups in total. The average Bonchev–Trinajstić information content (AvgIpc) is 2.60. The second-order valence-electron chi connectivity index (χ2n) is 5.45. The first-order valence-electron chi connectivity index (χ1n) is 7.89. The van der Waals surface area contributed by atoms with Gasteiger partial charge in [0.25, 0.3) is 5.91 Å². The summed E-state index contributed by atoms with van der Waals surface area (Å²) >= 11 is 3.27. The largest absolute Gasteiger partial charge is 0.573 e. The van der Waals surface area contributed by atoms with E-state index in [1.165, 1.54) is 18.2 Å². The Labute approximate surface area is 162 Å². The summed E-state index contributed by atoms with van der Waals surface area (Å²) in [5.74, 6) is -1.10. The summed E-state index contributed by atoms with van der Waals surface area (Å²) in [4.78, 5) is 23.8. The lowest BCUT2D eigenvalue weighted by molar-refractivity contribution is -0.274. The van der Waals surface area contributed by atoms with E-state index >= 15 is 0 Å². The minimum absolute atomic E-state index is 0.00936. The zero-order valence-corrected chi connectivity index (χ0v) is 15.6. The average molecular weight is 445 g/mol. The van der Waals surface area contributed by atoms with E-state index in [9.17, 15) is 22.8 Å². The van der Waals surface area contributed by atoms with Gasteiger partial charge >= 0.3 is 6.36 Å². The minimum atomic E-state index is -4.81. The lowest BCUT2D eigenvalue weighted by atomic mass is 10.2. The first-order valence-corrected chi connectivity index (χ1v) is 8.68. The van der Waals surface area contributed by atoms with Crippen molar-refractivity contribution in [2.45, 2.75) is 19.3 Å². The maximum atomic E-state index is 12.4. The molecule has 0 aliphatic heterocycles. The van der Waals surface area contributed by atoms with E-state index in [2.05, 4.69) is 31.3 Å². The molecule has 0 aliphatic carbocycles. The number of ether oxygens (including phenoxy) is 1. The van der Waals surface area contributed by atoms with Gasteiger partial charge in [-0.1, -0.05) is 34.1 Å². The second-order valence-corrected chi connectivity index (χ2v) is 6.36. The molecule has 0 saturated carbocycles. The smallest absolute Gasteiger partial charge is 0.405 e. The topological polar surface area (TPSA) is 67.4 Å². The standard InChI is InChI=1S/C18H16BrF3N2O3/c19-14-7-5-12(6-8-14)17(26)23-10-9-16(25)24-11-13-3-1-2-4-15(13)27-18(20,21)22/h1-8H,9-11H2,(H,23,26)(H,24,25). The summed E-state index contributed by atoms with van der Waals surface area (Å²) in [6.07, 6.45) is -4.82. The van der Waals surface area contributed by atoms with Gasteiger partial charge in [0.1, 0.15) is 5.75 Å². The molecule has 27 heavy (non-hydrogen) atoms. The quantitative estimate of drug-likeness (QED) is 0.682. The van der Waals surface area contributed by atoms with Crippen LogP contribution in [0.25, 0.3) is 0 Å². The van der Waals surface area contributed by atoms with Gasteiger partial charge < -0.3 is 15.4 Å². The van der Waals surface area contributed by atoms with Crippen LogP contribution in [0.2, 0.25) is 0 Å². The van der Waals surface area contributed by atoms with Crippen LogP contribution in [0, 0.1) is 0 Å². The third-order valence-corrected chi connectivity index (χ3v) is 3.95. The maximum Gasteiger partial charge on any atom is 0.573 e. The Morgan fingerprint density at radius 3 is 2.33 bits per heavy atom. The van der Waals surface area contributed by atoms with E-state index in [0.29, 0.717) is 5.56 Å². The predicted octanol–water partition coefficient (Wildman–Crippen LogP) is 3.78. The van der Waals surface area contributed by atoms with Crippen molar-refractivity contribution in [1.82, 2.24) is 10.6 Å². The number of nitrogens with one attached hydrogen (secondary N) is 2. The number of carbonyl (C=O) groups excluding carboxylic acids is 2. The fraction of sp³-hybridized carbons (Fsp3) is 0.222. The molecular formula is C18H16BrF3N2O3. The first kappa shape index (κ1) is 20.8. The number of amides is 2. The summed E-state index contributed by atoms with van der Waals surface area (Å²) in [5, 5.41) is 5.10. The van der Waals surface area contributed by atoms with E-state index in [-0.39, 0.29) is 36.7 Å². The summed E-state index contributed by atoms with van der Waals surface area (Å²) < 4.78 is 41.9. The maximum absolute atomic E-state index is 12.4. The number of halogens is 4. The van der Waals surface area contributed by atoms with Gasteiger partial charge in [0.05, 0.1) is 0 Å². The fourth-order valence-corrected chi connectivity index (χ4v) is 2.41. The number of carbonyl (C=O) groups is 2. The molecule has 5 nitrogen and oxygen atoms in total. The van der Waals surface area contributed by atoms with Gasteiger partial charge in [-0.25, -0.2) is 0 Å². The number of para-hydroxylation sites is 1. The normalized spacial score (nSPS) is 11.0. The Morgan fingerprint density at radius 1 is 1.00 bits per heavy atom. The van der Waals surface area contributed by atoms with E-state index in [1.807, 2.05) is 0 Å². The number of rotatable bonds is 7. The molecule has 0 bridgehead atoms. The Kier molecular flexibility index (Phi) is 7.23. The summed E-state index contributed by atoms with van der Waals surface area (Å²) in [5.41, 5.74) is 0.652. The highest BCUT2D eigenvalue weighted by Crippen LogP contribution is 2.26. The molecule has 0 saturated heterocycles. The molecule has 0 fully saturated rings. The van der Waals surface area contributed by atoms with Gasteiger partial charge in [-0.15, -0.1) is 13.2 Å². The van der Waals surface area contributed by atoms with Crippen molar-refractivity contribution in [3.8, 4) is 5.75 Å².